The van der Waals surface area contributed by atoms with Gasteiger partial charge in [-0.2, -0.15) is 0 Å². The zero-order valence-electron chi connectivity index (χ0n) is 14.3. The van der Waals surface area contributed by atoms with E-state index in [0.29, 0.717) is 17.9 Å². The van der Waals surface area contributed by atoms with Crippen LogP contribution in [0, 0.1) is 13.8 Å². The SMILES string of the molecule is CC1=NOC(=O)/C1=C/c1ccc(OCc2cc(C)cc(C)c2)c(Br)c1. The highest BCUT2D eigenvalue weighted by atomic mass is 79.9. The van der Waals surface area contributed by atoms with Crippen LogP contribution in [0.3, 0.4) is 0 Å². The Hall–Kier alpha value is -2.40. The summed E-state index contributed by atoms with van der Waals surface area (Å²) in [6, 6.07) is 12.1. The predicted octanol–water partition coefficient (Wildman–Crippen LogP) is 4.96. The lowest BCUT2D eigenvalue weighted by Crippen LogP contribution is -2.01. The van der Waals surface area contributed by atoms with E-state index in [1.807, 2.05) is 18.2 Å². The van der Waals surface area contributed by atoms with Crippen molar-refractivity contribution in [3.05, 3.63) is 68.7 Å². The van der Waals surface area contributed by atoms with Gasteiger partial charge in [0.2, 0.25) is 0 Å². The lowest BCUT2D eigenvalue weighted by molar-refractivity contribution is -0.136. The maximum absolute atomic E-state index is 11.6. The summed E-state index contributed by atoms with van der Waals surface area (Å²) in [6.45, 7) is 6.40. The fourth-order valence-corrected chi connectivity index (χ4v) is 3.23. The van der Waals surface area contributed by atoms with E-state index in [4.69, 9.17) is 4.74 Å². The van der Waals surface area contributed by atoms with Crippen LogP contribution < -0.4 is 4.74 Å². The van der Waals surface area contributed by atoms with Gasteiger partial charge in [0.15, 0.2) is 0 Å². The highest BCUT2D eigenvalue weighted by Crippen LogP contribution is 2.28. The van der Waals surface area contributed by atoms with Crippen molar-refractivity contribution in [3.8, 4) is 5.75 Å². The number of carbonyl (C=O) groups excluding carboxylic acids is 1. The molecule has 0 atom stereocenters. The molecular formula is C20H18BrNO3. The van der Waals surface area contributed by atoms with Crippen LogP contribution >= 0.6 is 15.9 Å². The number of halogens is 1. The molecule has 1 heterocycles. The summed E-state index contributed by atoms with van der Waals surface area (Å²) in [5, 5.41) is 3.67. The topological polar surface area (TPSA) is 47.9 Å². The fraction of sp³-hybridized carbons (Fsp3) is 0.200. The molecule has 0 fully saturated rings. The van der Waals surface area contributed by atoms with Gasteiger partial charge in [0.05, 0.1) is 15.8 Å². The number of hydrogen-bond acceptors (Lipinski definition) is 4. The standard InChI is InChI=1S/C20H18BrNO3/c1-12-6-13(2)8-16(7-12)11-24-19-5-4-15(10-18(19)21)9-17-14(3)22-25-20(17)23/h4-10H,11H2,1-3H3/b17-9+. The van der Waals surface area contributed by atoms with Crippen LogP contribution in [0.1, 0.15) is 29.2 Å². The Bertz CT molecular complexity index is 880. The molecule has 25 heavy (non-hydrogen) atoms. The number of aryl methyl sites for hydroxylation is 2. The molecule has 0 unspecified atom stereocenters. The molecule has 3 rings (SSSR count). The Balaban J connectivity index is 1.75. The van der Waals surface area contributed by atoms with E-state index in [1.165, 1.54) is 11.1 Å². The Morgan fingerprint density at radius 3 is 2.44 bits per heavy atom. The average Bonchev–Trinajstić information content (AvgIpc) is 2.85. The Kier molecular flexibility index (Phi) is 5.04. The van der Waals surface area contributed by atoms with E-state index in [0.717, 1.165) is 21.3 Å². The van der Waals surface area contributed by atoms with Crippen molar-refractivity contribution in [1.82, 2.24) is 0 Å². The van der Waals surface area contributed by atoms with E-state index in [2.05, 4.69) is 58.0 Å². The summed E-state index contributed by atoms with van der Waals surface area (Å²) in [5.74, 6) is 0.324. The Morgan fingerprint density at radius 2 is 1.84 bits per heavy atom. The molecule has 1 aliphatic rings. The Morgan fingerprint density at radius 1 is 1.12 bits per heavy atom. The highest BCUT2D eigenvalue weighted by Gasteiger charge is 2.21. The second-order valence-corrected chi connectivity index (χ2v) is 6.94. The van der Waals surface area contributed by atoms with Crippen molar-refractivity contribution >= 4 is 33.7 Å². The zero-order chi connectivity index (χ0) is 18.0. The van der Waals surface area contributed by atoms with Gasteiger partial charge in [-0.15, -0.1) is 0 Å². The van der Waals surface area contributed by atoms with Gasteiger partial charge in [-0.3, -0.25) is 0 Å². The molecule has 0 aromatic heterocycles. The van der Waals surface area contributed by atoms with Gasteiger partial charge in [0.25, 0.3) is 0 Å². The van der Waals surface area contributed by atoms with Gasteiger partial charge >= 0.3 is 5.97 Å². The van der Waals surface area contributed by atoms with E-state index in [9.17, 15) is 4.79 Å². The van der Waals surface area contributed by atoms with Crippen molar-refractivity contribution in [2.24, 2.45) is 5.16 Å². The monoisotopic (exact) mass is 399 g/mol. The van der Waals surface area contributed by atoms with Crippen LogP contribution in [0.5, 0.6) is 5.75 Å². The van der Waals surface area contributed by atoms with Crippen LogP contribution in [0.4, 0.5) is 0 Å². The maximum Gasteiger partial charge on any atom is 0.367 e. The first kappa shape index (κ1) is 17.4. The van der Waals surface area contributed by atoms with Gasteiger partial charge < -0.3 is 9.57 Å². The van der Waals surface area contributed by atoms with E-state index >= 15 is 0 Å². The summed E-state index contributed by atoms with van der Waals surface area (Å²) < 4.78 is 6.74. The third-order valence-corrected chi connectivity index (χ3v) is 4.44. The molecule has 0 amide bonds. The molecule has 0 spiro atoms. The molecule has 0 radical (unpaired) electrons. The first-order valence-corrected chi connectivity index (χ1v) is 8.69. The van der Waals surface area contributed by atoms with Gasteiger partial charge in [0.1, 0.15) is 12.4 Å². The molecule has 128 valence electrons. The second-order valence-electron chi connectivity index (χ2n) is 6.09. The van der Waals surface area contributed by atoms with Crippen LogP contribution in [-0.2, 0) is 16.2 Å². The molecule has 0 N–H and O–H groups in total. The largest absolute Gasteiger partial charge is 0.488 e. The maximum atomic E-state index is 11.6. The van der Waals surface area contributed by atoms with Gasteiger partial charge in [-0.25, -0.2) is 4.79 Å². The minimum absolute atomic E-state index is 0.427. The average molecular weight is 400 g/mol. The van der Waals surface area contributed by atoms with Crippen molar-refractivity contribution < 1.29 is 14.4 Å². The molecule has 0 saturated heterocycles. The lowest BCUT2D eigenvalue weighted by atomic mass is 10.1. The molecular weight excluding hydrogens is 382 g/mol. The first-order valence-electron chi connectivity index (χ1n) is 7.90. The first-order chi connectivity index (χ1) is 11.9. The summed E-state index contributed by atoms with van der Waals surface area (Å²) in [7, 11) is 0. The predicted molar refractivity (Wildman–Crippen MR) is 102 cm³/mol. The van der Waals surface area contributed by atoms with Crippen molar-refractivity contribution in [2.75, 3.05) is 0 Å². The smallest absolute Gasteiger partial charge is 0.367 e. The summed E-state index contributed by atoms with van der Waals surface area (Å²) in [5.41, 5.74) is 5.50. The quantitative estimate of drug-likeness (QED) is 0.538. The number of nitrogens with zero attached hydrogens (tertiary/aromatic N) is 1. The third kappa shape index (κ3) is 4.17. The number of rotatable bonds is 4. The zero-order valence-corrected chi connectivity index (χ0v) is 15.9. The highest BCUT2D eigenvalue weighted by molar-refractivity contribution is 9.10. The molecule has 0 bridgehead atoms. The van der Waals surface area contributed by atoms with Gasteiger partial charge in [-0.1, -0.05) is 40.5 Å². The lowest BCUT2D eigenvalue weighted by Gasteiger charge is -2.10. The minimum atomic E-state index is -0.427. The number of benzene rings is 2. The number of oxime groups is 1. The molecule has 2 aromatic rings. The molecule has 0 saturated carbocycles. The molecule has 4 nitrogen and oxygen atoms in total. The van der Waals surface area contributed by atoms with Crippen molar-refractivity contribution in [1.29, 1.82) is 0 Å². The summed E-state index contributed by atoms with van der Waals surface area (Å²) >= 11 is 3.53. The Labute approximate surface area is 155 Å². The molecule has 5 heteroatoms. The second kappa shape index (κ2) is 7.23. The van der Waals surface area contributed by atoms with Crippen molar-refractivity contribution in [3.63, 3.8) is 0 Å². The normalized spacial score (nSPS) is 15.3. The fourth-order valence-electron chi connectivity index (χ4n) is 2.72. The number of hydrogen-bond donors (Lipinski definition) is 0. The van der Waals surface area contributed by atoms with Gasteiger partial charge in [0, 0.05) is 0 Å². The molecule has 1 aliphatic heterocycles. The number of carbonyl (C=O) groups is 1. The summed E-state index contributed by atoms with van der Waals surface area (Å²) in [4.78, 5) is 16.3. The molecule has 0 aliphatic carbocycles. The molecule has 2 aromatic carbocycles. The van der Waals surface area contributed by atoms with Gasteiger partial charge in [-0.05, 0) is 66.0 Å². The van der Waals surface area contributed by atoms with E-state index < -0.39 is 5.97 Å². The van der Waals surface area contributed by atoms with Crippen LogP contribution in [0.2, 0.25) is 0 Å². The van der Waals surface area contributed by atoms with Crippen LogP contribution in [0.15, 0.2) is 51.6 Å². The van der Waals surface area contributed by atoms with Crippen LogP contribution in [0.25, 0.3) is 6.08 Å². The van der Waals surface area contributed by atoms with E-state index in [1.54, 1.807) is 13.0 Å². The third-order valence-electron chi connectivity index (χ3n) is 3.82. The van der Waals surface area contributed by atoms with E-state index in [-0.39, 0.29) is 0 Å². The minimum Gasteiger partial charge on any atom is -0.488 e. The number of ether oxygens (including phenoxy) is 1. The van der Waals surface area contributed by atoms with Crippen molar-refractivity contribution in [2.45, 2.75) is 27.4 Å². The summed E-state index contributed by atoms with van der Waals surface area (Å²) in [6.07, 6.45) is 1.76. The van der Waals surface area contributed by atoms with Crippen LogP contribution in [-0.4, -0.2) is 11.7 Å².